The number of hydrogen-bond acceptors (Lipinski definition) is 4. The van der Waals surface area contributed by atoms with Crippen LogP contribution in [0.25, 0.3) is 0 Å². The monoisotopic (exact) mass is 345 g/mol. The molecule has 6 nitrogen and oxygen atoms in total. The topological polar surface area (TPSA) is 65.6 Å². The smallest absolute Gasteiger partial charge is 0.237 e. The highest BCUT2D eigenvalue weighted by Crippen LogP contribution is 2.12. The van der Waals surface area contributed by atoms with Crippen molar-refractivity contribution < 1.29 is 13.9 Å². The molecule has 1 fully saturated rings. The zero-order chi connectivity index (χ0) is 17.8. The van der Waals surface area contributed by atoms with Gasteiger partial charge in [0.1, 0.15) is 5.82 Å². The van der Waals surface area contributed by atoms with Crippen LogP contribution in [0.15, 0.2) is 41.3 Å². The van der Waals surface area contributed by atoms with Crippen LogP contribution in [-0.4, -0.2) is 47.4 Å². The Morgan fingerprint density at radius 1 is 1.16 bits per heavy atom. The first-order valence-electron chi connectivity index (χ1n) is 8.05. The molecule has 0 saturated carbocycles. The van der Waals surface area contributed by atoms with Crippen molar-refractivity contribution in [2.45, 2.75) is 13.1 Å². The largest absolute Gasteiger partial charge is 0.491 e. The molecule has 1 amide bonds. The average molecular weight is 345 g/mol. The number of hydrogen-bond donors (Lipinski definition) is 1. The summed E-state index contributed by atoms with van der Waals surface area (Å²) in [6.07, 6.45) is 1.53. The molecule has 2 heterocycles. The number of aromatic nitrogens is 1. The summed E-state index contributed by atoms with van der Waals surface area (Å²) in [7, 11) is 1.45. The number of nitrogens with zero attached hydrogens (tertiary/aromatic N) is 2. The van der Waals surface area contributed by atoms with Crippen LogP contribution in [-0.2, 0) is 17.9 Å². The molecule has 1 saturated heterocycles. The van der Waals surface area contributed by atoms with Crippen LogP contribution in [0.2, 0.25) is 0 Å². The Kier molecular flexibility index (Phi) is 5.14. The van der Waals surface area contributed by atoms with Crippen molar-refractivity contribution in [1.29, 1.82) is 0 Å². The van der Waals surface area contributed by atoms with E-state index in [1.807, 2.05) is 4.90 Å². The zero-order valence-corrected chi connectivity index (χ0v) is 14.0. The van der Waals surface area contributed by atoms with Gasteiger partial charge in [-0.05, 0) is 17.7 Å². The number of carbonyl (C=O) groups is 1. The average Bonchev–Trinajstić information content (AvgIpc) is 2.59. The first-order chi connectivity index (χ1) is 12.0. The number of aromatic amines is 1. The van der Waals surface area contributed by atoms with Crippen LogP contribution in [0.3, 0.4) is 0 Å². The van der Waals surface area contributed by atoms with E-state index in [0.717, 1.165) is 11.3 Å². The van der Waals surface area contributed by atoms with Gasteiger partial charge in [0.25, 0.3) is 0 Å². The van der Waals surface area contributed by atoms with Crippen molar-refractivity contribution in [3.05, 3.63) is 63.8 Å². The maximum absolute atomic E-state index is 13.0. The molecule has 0 radical (unpaired) electrons. The van der Waals surface area contributed by atoms with Gasteiger partial charge in [-0.2, -0.15) is 0 Å². The maximum Gasteiger partial charge on any atom is 0.237 e. The molecule has 0 unspecified atom stereocenters. The lowest BCUT2D eigenvalue weighted by Crippen LogP contribution is -2.49. The van der Waals surface area contributed by atoms with Crippen LogP contribution in [0.1, 0.15) is 11.3 Å². The van der Waals surface area contributed by atoms with E-state index in [1.54, 1.807) is 17.0 Å². The van der Waals surface area contributed by atoms with E-state index in [4.69, 9.17) is 4.74 Å². The number of rotatable bonds is 5. The van der Waals surface area contributed by atoms with Crippen molar-refractivity contribution in [3.63, 3.8) is 0 Å². The number of methoxy groups -OCH3 is 1. The van der Waals surface area contributed by atoms with Gasteiger partial charge in [-0.3, -0.25) is 14.5 Å². The summed E-state index contributed by atoms with van der Waals surface area (Å²) in [6.45, 7) is 2.56. The summed E-state index contributed by atoms with van der Waals surface area (Å²) in [5.74, 6) is 0.00348. The molecule has 7 heteroatoms. The van der Waals surface area contributed by atoms with E-state index in [9.17, 15) is 14.0 Å². The molecule has 1 aromatic carbocycles. The third-order valence-corrected chi connectivity index (χ3v) is 4.24. The van der Waals surface area contributed by atoms with Crippen molar-refractivity contribution in [2.75, 3.05) is 26.7 Å². The fourth-order valence-corrected chi connectivity index (χ4v) is 2.86. The quantitative estimate of drug-likeness (QED) is 0.889. The Labute approximate surface area is 144 Å². The van der Waals surface area contributed by atoms with Crippen molar-refractivity contribution in [2.24, 2.45) is 0 Å². The fraction of sp³-hybridized carbons (Fsp3) is 0.333. The van der Waals surface area contributed by atoms with Gasteiger partial charge >= 0.3 is 0 Å². The first kappa shape index (κ1) is 17.2. The summed E-state index contributed by atoms with van der Waals surface area (Å²) < 4.78 is 17.9. The van der Waals surface area contributed by atoms with Gasteiger partial charge in [0.2, 0.25) is 11.3 Å². The fourth-order valence-electron chi connectivity index (χ4n) is 2.86. The van der Waals surface area contributed by atoms with Crippen LogP contribution < -0.4 is 10.2 Å². The minimum absolute atomic E-state index is 0.0198. The highest BCUT2D eigenvalue weighted by Gasteiger charge is 2.24. The predicted molar refractivity (Wildman–Crippen MR) is 90.7 cm³/mol. The van der Waals surface area contributed by atoms with Crippen molar-refractivity contribution in [3.8, 4) is 5.75 Å². The lowest BCUT2D eigenvalue weighted by molar-refractivity contribution is -0.136. The molecular weight excluding hydrogens is 325 g/mol. The molecule has 1 aliphatic heterocycles. The lowest BCUT2D eigenvalue weighted by atomic mass is 10.2. The number of halogens is 1. The number of piperazine rings is 1. The molecule has 25 heavy (non-hydrogen) atoms. The normalized spacial score (nSPS) is 15.4. The number of amides is 1. The standard InChI is InChI=1S/C18H20FN3O3/c1-25-17-9-20-15(8-16(17)23)11-21-6-7-22(18(24)12-21)10-13-2-4-14(19)5-3-13/h2-5,8-9H,6-7,10-12H2,1H3,(H,20,23). The van der Waals surface area contributed by atoms with Gasteiger partial charge in [0, 0.05) is 44.1 Å². The second-order valence-electron chi connectivity index (χ2n) is 6.04. The van der Waals surface area contributed by atoms with E-state index >= 15 is 0 Å². The third kappa shape index (κ3) is 4.24. The number of ether oxygens (including phenoxy) is 1. The Balaban J connectivity index is 1.58. The van der Waals surface area contributed by atoms with E-state index in [-0.39, 0.29) is 29.4 Å². The molecular formula is C18H20FN3O3. The van der Waals surface area contributed by atoms with E-state index < -0.39 is 0 Å². The number of nitrogens with one attached hydrogen (secondary N) is 1. The van der Waals surface area contributed by atoms with Gasteiger partial charge < -0.3 is 14.6 Å². The van der Waals surface area contributed by atoms with Crippen molar-refractivity contribution in [1.82, 2.24) is 14.8 Å². The highest BCUT2D eigenvalue weighted by molar-refractivity contribution is 5.79. The number of pyridine rings is 1. The minimum Gasteiger partial charge on any atom is -0.491 e. The molecule has 3 rings (SSSR count). The van der Waals surface area contributed by atoms with Crippen molar-refractivity contribution >= 4 is 5.91 Å². The molecule has 0 atom stereocenters. The maximum atomic E-state index is 13.0. The Bertz CT molecular complexity index is 804. The number of benzene rings is 1. The first-order valence-corrected chi connectivity index (χ1v) is 8.05. The Morgan fingerprint density at radius 2 is 1.92 bits per heavy atom. The second-order valence-corrected chi connectivity index (χ2v) is 6.04. The molecule has 1 aliphatic rings. The zero-order valence-electron chi connectivity index (χ0n) is 14.0. The number of carbonyl (C=O) groups excluding carboxylic acids is 1. The predicted octanol–water partition coefficient (Wildman–Crippen LogP) is 1.37. The van der Waals surface area contributed by atoms with Gasteiger partial charge in [-0.1, -0.05) is 12.1 Å². The second kappa shape index (κ2) is 7.48. The molecule has 1 aromatic heterocycles. The molecule has 132 valence electrons. The van der Waals surface area contributed by atoms with Gasteiger partial charge in [-0.15, -0.1) is 0 Å². The molecule has 0 bridgehead atoms. The molecule has 0 aliphatic carbocycles. The lowest BCUT2D eigenvalue weighted by Gasteiger charge is -2.34. The Hall–Kier alpha value is -2.67. The summed E-state index contributed by atoms with van der Waals surface area (Å²) >= 11 is 0. The van der Waals surface area contributed by atoms with E-state index in [2.05, 4.69) is 4.98 Å². The van der Waals surface area contributed by atoms with E-state index in [0.29, 0.717) is 26.2 Å². The van der Waals surface area contributed by atoms with Gasteiger partial charge in [-0.25, -0.2) is 4.39 Å². The van der Waals surface area contributed by atoms with Crippen LogP contribution in [0.4, 0.5) is 4.39 Å². The van der Waals surface area contributed by atoms with Crippen LogP contribution in [0, 0.1) is 5.82 Å². The van der Waals surface area contributed by atoms with Gasteiger partial charge in [0.15, 0.2) is 5.75 Å². The minimum atomic E-state index is -0.284. The Morgan fingerprint density at radius 3 is 2.56 bits per heavy atom. The SMILES string of the molecule is COc1c[nH]c(CN2CCN(Cc3ccc(F)cc3)C(=O)C2)cc1=O. The van der Waals surface area contributed by atoms with Gasteiger partial charge in [0.05, 0.1) is 13.7 Å². The van der Waals surface area contributed by atoms with Crippen LogP contribution in [0.5, 0.6) is 5.75 Å². The molecule has 0 spiro atoms. The highest BCUT2D eigenvalue weighted by atomic mass is 19.1. The molecule has 2 aromatic rings. The third-order valence-electron chi connectivity index (χ3n) is 4.24. The summed E-state index contributed by atoms with van der Waals surface area (Å²) in [4.78, 5) is 30.9. The summed E-state index contributed by atoms with van der Waals surface area (Å²) in [5, 5.41) is 0. The number of H-pyrrole nitrogens is 1. The molecule has 1 N–H and O–H groups in total. The summed E-state index contributed by atoms with van der Waals surface area (Å²) in [5.41, 5.74) is 1.46. The summed E-state index contributed by atoms with van der Waals surface area (Å²) in [6, 6.07) is 7.68. The van der Waals surface area contributed by atoms with E-state index in [1.165, 1.54) is 31.5 Å². The van der Waals surface area contributed by atoms with Crippen LogP contribution >= 0.6 is 0 Å².